The summed E-state index contributed by atoms with van der Waals surface area (Å²) in [4.78, 5) is 61.7. The molecule has 0 bridgehead atoms. The van der Waals surface area contributed by atoms with E-state index in [1.54, 1.807) is 92.0 Å². The van der Waals surface area contributed by atoms with E-state index < -0.39 is 18.2 Å². The lowest BCUT2D eigenvalue weighted by molar-refractivity contribution is 0.160. The van der Waals surface area contributed by atoms with Gasteiger partial charge in [0.15, 0.2) is 0 Å². The quantitative estimate of drug-likeness (QED) is 0.0391. The van der Waals surface area contributed by atoms with Crippen LogP contribution in [0.25, 0.3) is 11.1 Å². The number of carbonyl (C=O) groups is 5. The van der Waals surface area contributed by atoms with Crippen molar-refractivity contribution < 1.29 is 33.4 Å². The van der Waals surface area contributed by atoms with Crippen molar-refractivity contribution in [1.29, 1.82) is 5.26 Å². The Labute approximate surface area is 351 Å². The number of nitriles is 1. The lowest BCUT2D eigenvalue weighted by atomic mass is 10.1. The topological polar surface area (TPSA) is 236 Å². The van der Waals surface area contributed by atoms with Gasteiger partial charge < -0.3 is 52.0 Å². The van der Waals surface area contributed by atoms with Gasteiger partial charge in [-0.3, -0.25) is 5.32 Å². The normalized spacial score (nSPS) is 10.7. The summed E-state index contributed by atoms with van der Waals surface area (Å²) < 4.78 is 10.2. The molecule has 0 heterocycles. The Hall–Kier alpha value is -8.26. The van der Waals surface area contributed by atoms with Crippen LogP contribution in [-0.4, -0.2) is 50.4 Å². The second kappa shape index (κ2) is 20.4. The summed E-state index contributed by atoms with van der Waals surface area (Å²) >= 11 is 0. The predicted molar refractivity (Wildman–Crippen MR) is 231 cm³/mol. The number of anilines is 5. The molecule has 0 fully saturated rings. The molecule has 5 aromatic carbocycles. The van der Waals surface area contributed by atoms with E-state index >= 15 is 0 Å². The molecule has 17 nitrogen and oxygen atoms in total. The molecule has 0 saturated heterocycles. The van der Waals surface area contributed by atoms with E-state index in [1.165, 1.54) is 7.05 Å². The molecule has 312 valence electrons. The highest BCUT2D eigenvalue weighted by atomic mass is 16.5. The number of fused-ring (bicyclic) bond motifs is 3. The molecule has 9 amide bonds. The molecule has 0 spiro atoms. The molecule has 0 atom stereocenters. The van der Waals surface area contributed by atoms with Gasteiger partial charge in [-0.25, -0.2) is 24.0 Å². The summed E-state index contributed by atoms with van der Waals surface area (Å²) in [6.45, 7) is 2.74. The van der Waals surface area contributed by atoms with Crippen LogP contribution in [0.4, 0.5) is 52.4 Å². The molecular weight excluding hydrogens is 781 g/mol. The smallest absolute Gasteiger partial charge is 0.411 e. The summed E-state index contributed by atoms with van der Waals surface area (Å²) in [5, 5.41) is 33.4. The van der Waals surface area contributed by atoms with E-state index in [1.807, 2.05) is 24.3 Å². The van der Waals surface area contributed by atoms with Gasteiger partial charge in [-0.15, -0.1) is 5.26 Å². The number of carbonyl (C=O) groups excluding carboxylic acids is 5. The summed E-state index contributed by atoms with van der Waals surface area (Å²) in [5.74, 6) is 0.485. The highest BCUT2D eigenvalue weighted by Crippen LogP contribution is 2.39. The number of nitrogens with zero attached hydrogens (tertiary/aromatic N) is 1. The van der Waals surface area contributed by atoms with E-state index in [0.717, 1.165) is 33.4 Å². The Bertz CT molecular complexity index is 2450. The lowest BCUT2D eigenvalue weighted by Crippen LogP contribution is -2.36. The average Bonchev–Trinajstić information content (AvgIpc) is 3.61. The van der Waals surface area contributed by atoms with Gasteiger partial charge in [0.05, 0.1) is 6.61 Å². The minimum atomic E-state index is -0.603. The Balaban J connectivity index is 0.851. The number of ether oxygens (including phenoxy) is 2. The fraction of sp³-hybridized carbons (Fsp3) is 0.182. The number of nitrogens with one attached hydrogen (secondary N) is 9. The molecule has 9 N–H and O–H groups in total. The molecular formula is C44H44N10O7. The number of benzene rings is 5. The van der Waals surface area contributed by atoms with Gasteiger partial charge in [0.25, 0.3) is 6.26 Å². The zero-order valence-corrected chi connectivity index (χ0v) is 33.4. The van der Waals surface area contributed by atoms with Gasteiger partial charge in [-0.1, -0.05) is 42.5 Å². The maximum atomic E-state index is 12.8. The minimum absolute atomic E-state index is 0.101. The average molecular weight is 825 g/mol. The molecule has 0 aliphatic heterocycles. The number of hydrogen-bond acceptors (Lipinski definition) is 8. The third-order valence-electron chi connectivity index (χ3n) is 9.49. The zero-order valence-electron chi connectivity index (χ0n) is 33.4. The molecule has 6 rings (SSSR count). The van der Waals surface area contributed by atoms with Crippen LogP contribution in [0.2, 0.25) is 0 Å². The van der Waals surface area contributed by atoms with Crippen molar-refractivity contribution in [3.8, 4) is 23.1 Å². The van der Waals surface area contributed by atoms with Crippen molar-refractivity contribution in [3.05, 3.63) is 131 Å². The first-order valence-corrected chi connectivity index (χ1v) is 19.2. The molecule has 0 radical (unpaired) electrons. The summed E-state index contributed by atoms with van der Waals surface area (Å²) in [7, 11) is 1.54. The van der Waals surface area contributed by atoms with E-state index in [-0.39, 0.29) is 31.8 Å². The van der Waals surface area contributed by atoms with E-state index in [9.17, 15) is 24.0 Å². The number of hydrogen-bond donors (Lipinski definition) is 9. The molecule has 5 aromatic rings. The number of rotatable bonds is 14. The first kappa shape index (κ1) is 42.3. The van der Waals surface area contributed by atoms with E-state index in [4.69, 9.17) is 14.7 Å². The van der Waals surface area contributed by atoms with Gasteiger partial charge in [-0.05, 0) is 119 Å². The van der Waals surface area contributed by atoms with Crippen molar-refractivity contribution in [1.82, 2.24) is 21.3 Å². The van der Waals surface area contributed by atoms with Crippen LogP contribution in [0.1, 0.15) is 34.2 Å². The molecule has 1 aliphatic rings. The highest BCUT2D eigenvalue weighted by Gasteiger charge is 2.20. The Morgan fingerprint density at radius 2 is 1.18 bits per heavy atom. The summed E-state index contributed by atoms with van der Waals surface area (Å²) in [5.41, 5.74) is 9.19. The SMILES string of the molecule is CNC(=O)NCc1ccc(NC(=O)Nc2cccc(NC(=O)Nc3ccc(CNC(=O)NCCCOC(=O)Nc4ccc5c(c4)Cc4cc(OC#N)ccc4-5)cc3)c2C)cc1. The first-order valence-electron chi connectivity index (χ1n) is 19.2. The maximum absolute atomic E-state index is 12.8. The second-order valence-electron chi connectivity index (χ2n) is 13.7. The van der Waals surface area contributed by atoms with E-state index in [2.05, 4.69) is 47.9 Å². The van der Waals surface area contributed by atoms with Gasteiger partial charge in [-0.2, -0.15) is 0 Å². The summed E-state index contributed by atoms with van der Waals surface area (Å²) in [6, 6.07) is 28.7. The maximum Gasteiger partial charge on any atom is 0.411 e. The highest BCUT2D eigenvalue weighted by molar-refractivity contribution is 6.03. The van der Waals surface area contributed by atoms with E-state index in [0.29, 0.717) is 59.1 Å². The standard InChI is InChI=1S/C44H44N10O7/c1-27-38(53-42(57)50-32-11-7-28(8-12-32)24-48-40(55)46-2)5-3-6-39(27)54-43(58)51-33-13-9-29(10-14-33)25-49-41(56)47-19-4-20-60-44(59)52-34-15-17-36-30(22-34)21-31-23-35(61-26-45)16-18-37(31)36/h3,5-18,22-23H,4,19-21,24-25H2,1-2H3,(H,52,59)(H2,46,48,55)(H2,47,49,56)(H2,50,53,57)(H2,51,54,58). The number of amides is 9. The van der Waals surface area contributed by atoms with Crippen molar-refractivity contribution in [2.24, 2.45) is 0 Å². The van der Waals surface area contributed by atoms with Crippen molar-refractivity contribution >= 4 is 58.7 Å². The molecule has 17 heteroatoms. The molecule has 0 saturated carbocycles. The predicted octanol–water partition coefficient (Wildman–Crippen LogP) is 7.58. The fourth-order valence-electron chi connectivity index (χ4n) is 6.38. The fourth-order valence-corrected chi connectivity index (χ4v) is 6.38. The largest absolute Gasteiger partial charge is 0.449 e. The third-order valence-corrected chi connectivity index (χ3v) is 9.49. The van der Waals surface area contributed by atoms with Crippen LogP contribution in [0.15, 0.2) is 103 Å². The van der Waals surface area contributed by atoms with Crippen molar-refractivity contribution in [3.63, 3.8) is 0 Å². The second-order valence-corrected chi connectivity index (χ2v) is 13.7. The van der Waals surface area contributed by atoms with Crippen LogP contribution in [0, 0.1) is 18.4 Å². The molecule has 0 unspecified atom stereocenters. The van der Waals surface area contributed by atoms with Crippen molar-refractivity contribution in [2.75, 3.05) is 46.8 Å². The zero-order chi connectivity index (χ0) is 43.1. The monoisotopic (exact) mass is 824 g/mol. The van der Waals surface area contributed by atoms with Crippen LogP contribution in [0.3, 0.4) is 0 Å². The Morgan fingerprint density at radius 1 is 0.623 bits per heavy atom. The minimum Gasteiger partial charge on any atom is -0.449 e. The Morgan fingerprint density at radius 3 is 1.77 bits per heavy atom. The molecule has 0 aromatic heterocycles. The van der Waals surface area contributed by atoms with Gasteiger partial charge in [0.2, 0.25) is 0 Å². The van der Waals surface area contributed by atoms with Crippen LogP contribution in [-0.2, 0) is 24.2 Å². The molecule has 61 heavy (non-hydrogen) atoms. The number of urea groups is 4. The van der Waals surface area contributed by atoms with Crippen LogP contribution >= 0.6 is 0 Å². The molecule has 1 aliphatic carbocycles. The first-order chi connectivity index (χ1) is 29.6. The van der Waals surface area contributed by atoms with Crippen LogP contribution < -0.4 is 52.6 Å². The lowest BCUT2D eigenvalue weighted by Gasteiger charge is -2.15. The summed E-state index contributed by atoms with van der Waals surface area (Å²) in [6.07, 6.45) is 2.13. The third kappa shape index (κ3) is 12.1. The van der Waals surface area contributed by atoms with Crippen LogP contribution in [0.5, 0.6) is 5.75 Å². The Kier molecular flexibility index (Phi) is 14.2. The van der Waals surface area contributed by atoms with Crippen molar-refractivity contribution in [2.45, 2.75) is 32.9 Å². The van der Waals surface area contributed by atoms with Gasteiger partial charge >= 0.3 is 30.2 Å². The van der Waals surface area contributed by atoms with Gasteiger partial charge in [0, 0.05) is 55.1 Å². The van der Waals surface area contributed by atoms with Gasteiger partial charge in [0.1, 0.15) is 5.75 Å².